The van der Waals surface area contributed by atoms with Crippen LogP contribution in [0.2, 0.25) is 0 Å². The van der Waals surface area contributed by atoms with Gasteiger partial charge in [0, 0.05) is 16.8 Å². The van der Waals surface area contributed by atoms with Crippen molar-refractivity contribution in [2.24, 2.45) is 0 Å². The summed E-state index contributed by atoms with van der Waals surface area (Å²) in [6, 6.07) is 16.1. The largest absolute Gasteiger partial charge is 0.467 e. The van der Waals surface area contributed by atoms with Crippen molar-refractivity contribution < 1.29 is 14.0 Å². The van der Waals surface area contributed by atoms with Crippen LogP contribution >= 0.6 is 0 Å². The molecule has 1 heterocycles. The number of benzene rings is 2. The van der Waals surface area contributed by atoms with Gasteiger partial charge in [0.05, 0.1) is 12.8 Å². The van der Waals surface area contributed by atoms with Crippen LogP contribution in [-0.4, -0.2) is 11.8 Å². The van der Waals surface area contributed by atoms with Crippen LogP contribution in [-0.2, 0) is 6.54 Å². The van der Waals surface area contributed by atoms with E-state index in [-0.39, 0.29) is 11.8 Å². The first kappa shape index (κ1) is 17.5. The number of furan rings is 1. The average molecular weight is 348 g/mol. The smallest absolute Gasteiger partial charge is 0.255 e. The first-order valence-electron chi connectivity index (χ1n) is 8.32. The van der Waals surface area contributed by atoms with Crippen LogP contribution in [0.15, 0.2) is 65.3 Å². The quantitative estimate of drug-likeness (QED) is 0.730. The van der Waals surface area contributed by atoms with Gasteiger partial charge in [-0.3, -0.25) is 9.59 Å². The SMILES string of the molecule is Cc1ccc(C)c(NC(=O)c2cccc(C(=O)NCc3ccco3)c2)c1. The molecular weight excluding hydrogens is 328 g/mol. The minimum atomic E-state index is -0.261. The Kier molecular flexibility index (Phi) is 5.17. The molecule has 1 aromatic heterocycles. The standard InChI is InChI=1S/C21H20N2O3/c1-14-8-9-15(2)19(11-14)23-21(25)17-6-3-5-16(12-17)20(24)22-13-18-7-4-10-26-18/h3-12H,13H2,1-2H3,(H,22,24)(H,23,25). The molecule has 0 aliphatic carbocycles. The summed E-state index contributed by atoms with van der Waals surface area (Å²) >= 11 is 0. The molecule has 5 nitrogen and oxygen atoms in total. The van der Waals surface area contributed by atoms with Crippen molar-refractivity contribution in [1.29, 1.82) is 0 Å². The number of nitrogens with one attached hydrogen (secondary N) is 2. The van der Waals surface area contributed by atoms with Gasteiger partial charge < -0.3 is 15.1 Å². The normalized spacial score (nSPS) is 10.4. The molecule has 132 valence electrons. The van der Waals surface area contributed by atoms with Crippen molar-refractivity contribution in [3.8, 4) is 0 Å². The zero-order valence-electron chi connectivity index (χ0n) is 14.7. The molecule has 5 heteroatoms. The Balaban J connectivity index is 1.70. The zero-order chi connectivity index (χ0) is 18.5. The second-order valence-electron chi connectivity index (χ2n) is 6.12. The topological polar surface area (TPSA) is 71.3 Å². The van der Waals surface area contributed by atoms with Crippen LogP contribution in [0.5, 0.6) is 0 Å². The summed E-state index contributed by atoms with van der Waals surface area (Å²) in [7, 11) is 0. The average Bonchev–Trinajstić information content (AvgIpc) is 3.16. The number of hydrogen-bond acceptors (Lipinski definition) is 3. The fraction of sp³-hybridized carbons (Fsp3) is 0.143. The molecule has 0 saturated heterocycles. The van der Waals surface area contributed by atoms with E-state index in [9.17, 15) is 9.59 Å². The van der Waals surface area contributed by atoms with E-state index in [1.807, 2.05) is 32.0 Å². The van der Waals surface area contributed by atoms with Crippen LogP contribution in [0, 0.1) is 13.8 Å². The van der Waals surface area contributed by atoms with Crippen molar-refractivity contribution >= 4 is 17.5 Å². The predicted octanol–water partition coefficient (Wildman–Crippen LogP) is 4.08. The number of carbonyl (C=O) groups is 2. The molecule has 0 unspecified atom stereocenters. The zero-order valence-corrected chi connectivity index (χ0v) is 14.7. The Morgan fingerprint density at radius 2 is 1.69 bits per heavy atom. The highest BCUT2D eigenvalue weighted by atomic mass is 16.3. The van der Waals surface area contributed by atoms with Crippen LogP contribution in [0.1, 0.15) is 37.6 Å². The fourth-order valence-corrected chi connectivity index (χ4v) is 2.55. The number of aryl methyl sites for hydroxylation is 2. The molecule has 2 amide bonds. The highest BCUT2D eigenvalue weighted by molar-refractivity contribution is 6.06. The number of hydrogen-bond donors (Lipinski definition) is 2. The third kappa shape index (κ3) is 4.19. The van der Waals surface area contributed by atoms with E-state index in [1.54, 1.807) is 42.7 Å². The molecule has 0 aliphatic heterocycles. The predicted molar refractivity (Wildman–Crippen MR) is 100 cm³/mol. The summed E-state index contributed by atoms with van der Waals surface area (Å²) in [5, 5.41) is 5.67. The minimum absolute atomic E-state index is 0.251. The summed E-state index contributed by atoms with van der Waals surface area (Å²) in [6.45, 7) is 4.21. The van der Waals surface area contributed by atoms with Gasteiger partial charge >= 0.3 is 0 Å². The summed E-state index contributed by atoms with van der Waals surface area (Å²) in [6.07, 6.45) is 1.56. The van der Waals surface area contributed by atoms with Gasteiger partial charge in [0.1, 0.15) is 5.76 Å². The molecule has 0 fully saturated rings. The lowest BCUT2D eigenvalue weighted by Crippen LogP contribution is -2.23. The molecule has 3 aromatic rings. The number of amides is 2. The van der Waals surface area contributed by atoms with Crippen molar-refractivity contribution in [3.63, 3.8) is 0 Å². The molecule has 0 aliphatic rings. The molecule has 3 rings (SSSR count). The van der Waals surface area contributed by atoms with Crippen LogP contribution in [0.25, 0.3) is 0 Å². The molecule has 2 aromatic carbocycles. The lowest BCUT2D eigenvalue weighted by atomic mass is 10.1. The van der Waals surface area contributed by atoms with E-state index in [0.717, 1.165) is 16.8 Å². The van der Waals surface area contributed by atoms with Crippen LogP contribution in [0.3, 0.4) is 0 Å². The Labute approximate surface area is 152 Å². The molecule has 0 bridgehead atoms. The van der Waals surface area contributed by atoms with E-state index in [4.69, 9.17) is 4.42 Å². The third-order valence-electron chi connectivity index (χ3n) is 4.03. The molecule has 26 heavy (non-hydrogen) atoms. The Bertz CT molecular complexity index is 930. The Hall–Kier alpha value is -3.34. The summed E-state index contributed by atoms with van der Waals surface area (Å²) < 4.78 is 5.19. The lowest BCUT2D eigenvalue weighted by molar-refractivity contribution is 0.0948. The molecule has 0 radical (unpaired) electrons. The van der Waals surface area contributed by atoms with E-state index in [0.29, 0.717) is 23.4 Å². The van der Waals surface area contributed by atoms with Gasteiger partial charge in [0.15, 0.2) is 0 Å². The Morgan fingerprint density at radius 1 is 0.923 bits per heavy atom. The van der Waals surface area contributed by atoms with Gasteiger partial charge in [-0.2, -0.15) is 0 Å². The Morgan fingerprint density at radius 3 is 2.42 bits per heavy atom. The second kappa shape index (κ2) is 7.70. The number of rotatable bonds is 5. The lowest BCUT2D eigenvalue weighted by Gasteiger charge is -2.10. The second-order valence-corrected chi connectivity index (χ2v) is 6.12. The first-order valence-corrected chi connectivity index (χ1v) is 8.32. The highest BCUT2D eigenvalue weighted by Crippen LogP contribution is 2.18. The van der Waals surface area contributed by atoms with Gasteiger partial charge in [-0.25, -0.2) is 0 Å². The maximum Gasteiger partial charge on any atom is 0.255 e. The maximum atomic E-state index is 12.5. The van der Waals surface area contributed by atoms with Crippen molar-refractivity contribution in [3.05, 3.63) is 88.9 Å². The molecule has 2 N–H and O–H groups in total. The summed E-state index contributed by atoms with van der Waals surface area (Å²) in [4.78, 5) is 24.8. The number of anilines is 1. The van der Waals surface area contributed by atoms with Gasteiger partial charge in [-0.15, -0.1) is 0 Å². The highest BCUT2D eigenvalue weighted by Gasteiger charge is 2.12. The summed E-state index contributed by atoms with van der Waals surface area (Å²) in [5.41, 5.74) is 3.66. The van der Waals surface area contributed by atoms with E-state index < -0.39 is 0 Å². The van der Waals surface area contributed by atoms with Gasteiger partial charge in [0.2, 0.25) is 0 Å². The maximum absolute atomic E-state index is 12.5. The van der Waals surface area contributed by atoms with Crippen molar-refractivity contribution in [1.82, 2.24) is 5.32 Å². The minimum Gasteiger partial charge on any atom is -0.467 e. The van der Waals surface area contributed by atoms with Gasteiger partial charge in [-0.1, -0.05) is 18.2 Å². The van der Waals surface area contributed by atoms with E-state index in [2.05, 4.69) is 10.6 Å². The monoisotopic (exact) mass is 348 g/mol. The van der Waals surface area contributed by atoms with Crippen LogP contribution < -0.4 is 10.6 Å². The molecule has 0 saturated carbocycles. The fourth-order valence-electron chi connectivity index (χ4n) is 2.55. The molecule has 0 spiro atoms. The number of carbonyl (C=O) groups excluding carboxylic acids is 2. The first-order chi connectivity index (χ1) is 12.5. The van der Waals surface area contributed by atoms with Crippen molar-refractivity contribution in [2.45, 2.75) is 20.4 Å². The molecule has 0 atom stereocenters. The molecular formula is C21H20N2O3. The van der Waals surface area contributed by atoms with Gasteiger partial charge in [0.25, 0.3) is 11.8 Å². The summed E-state index contributed by atoms with van der Waals surface area (Å²) in [5.74, 6) is 0.157. The van der Waals surface area contributed by atoms with E-state index >= 15 is 0 Å². The third-order valence-corrected chi connectivity index (χ3v) is 4.03. The van der Waals surface area contributed by atoms with Crippen molar-refractivity contribution in [2.75, 3.05) is 5.32 Å². The van der Waals surface area contributed by atoms with Gasteiger partial charge in [-0.05, 0) is 61.4 Å². The van der Waals surface area contributed by atoms with E-state index in [1.165, 1.54) is 0 Å². The van der Waals surface area contributed by atoms with Crippen LogP contribution in [0.4, 0.5) is 5.69 Å².